The summed E-state index contributed by atoms with van der Waals surface area (Å²) in [6.45, 7) is 0.225. The summed E-state index contributed by atoms with van der Waals surface area (Å²) < 4.78 is 41.3. The lowest BCUT2D eigenvalue weighted by atomic mass is 9.92. The van der Waals surface area contributed by atoms with Crippen LogP contribution in [0.4, 0.5) is 8.78 Å². The third-order valence-electron chi connectivity index (χ3n) is 6.56. The van der Waals surface area contributed by atoms with Crippen LogP contribution in [0.1, 0.15) is 32.0 Å². The maximum Gasteiger partial charge on any atom is 0.289 e. The summed E-state index contributed by atoms with van der Waals surface area (Å²) in [5.74, 6) is -3.28. The Kier molecular flexibility index (Phi) is 6.91. The van der Waals surface area contributed by atoms with Crippen LogP contribution >= 0.6 is 11.8 Å². The Morgan fingerprint density at radius 2 is 1.92 bits per heavy atom. The molecule has 1 N–H and O–H groups in total. The summed E-state index contributed by atoms with van der Waals surface area (Å²) in [5, 5.41) is 3.77. The number of ether oxygens (including phenoxy) is 2. The Labute approximate surface area is 221 Å². The van der Waals surface area contributed by atoms with E-state index in [2.05, 4.69) is 5.32 Å². The lowest BCUT2D eigenvalue weighted by molar-refractivity contribution is -0.131. The second-order valence-electron chi connectivity index (χ2n) is 9.14. The lowest BCUT2D eigenvalue weighted by Gasteiger charge is -2.50. The van der Waals surface area contributed by atoms with E-state index in [-0.39, 0.29) is 55.5 Å². The molecule has 0 saturated carbocycles. The molecule has 2 aliphatic rings. The minimum absolute atomic E-state index is 0.0392. The van der Waals surface area contributed by atoms with E-state index in [1.807, 2.05) is 6.07 Å². The molecule has 0 aliphatic carbocycles. The van der Waals surface area contributed by atoms with E-state index in [9.17, 15) is 23.2 Å². The number of benzene rings is 2. The molecular weight excluding hydrogens is 522 g/mol. The summed E-state index contributed by atoms with van der Waals surface area (Å²) in [4.78, 5) is 40.2. The molecule has 12 heteroatoms. The van der Waals surface area contributed by atoms with Gasteiger partial charge in [-0.2, -0.15) is 0 Å². The number of carbonyl (C=O) groups is 2. The predicted molar refractivity (Wildman–Crippen MR) is 132 cm³/mol. The molecule has 1 aromatic heterocycles. The molecule has 2 amide bonds. The SMILES string of the molecule is CN(Cl)N1CC2(COC2)n2cc(C(=O)NCc3ccc(F)cc3F)c(=O)c(OCc3ccccc3)c2C1=O. The Morgan fingerprint density at radius 3 is 2.55 bits per heavy atom. The molecule has 2 aromatic carbocycles. The van der Waals surface area contributed by atoms with Crippen LogP contribution in [0.2, 0.25) is 0 Å². The molecule has 0 radical (unpaired) electrons. The predicted octanol–water partition coefficient (Wildman–Crippen LogP) is 2.82. The van der Waals surface area contributed by atoms with E-state index >= 15 is 0 Å². The number of hydrazine groups is 1. The van der Waals surface area contributed by atoms with Gasteiger partial charge in [-0.25, -0.2) is 8.78 Å². The van der Waals surface area contributed by atoms with Crippen molar-refractivity contribution in [2.75, 3.05) is 26.8 Å². The van der Waals surface area contributed by atoms with Gasteiger partial charge in [-0.1, -0.05) is 36.4 Å². The van der Waals surface area contributed by atoms with Gasteiger partial charge in [0, 0.05) is 31.4 Å². The van der Waals surface area contributed by atoms with Crippen molar-refractivity contribution in [2.45, 2.75) is 18.7 Å². The largest absolute Gasteiger partial charge is 0.483 e. The Balaban J connectivity index is 1.56. The molecule has 3 aromatic rings. The number of hydrogen-bond acceptors (Lipinski definition) is 6. The average Bonchev–Trinajstić information content (AvgIpc) is 2.87. The van der Waals surface area contributed by atoms with Crippen molar-refractivity contribution in [3.8, 4) is 5.75 Å². The van der Waals surface area contributed by atoms with Gasteiger partial charge in [-0.3, -0.25) is 19.4 Å². The number of fused-ring (bicyclic) bond motifs is 2. The number of aromatic nitrogens is 1. The summed E-state index contributed by atoms with van der Waals surface area (Å²) in [5.41, 5.74) is -1.18. The Hall–Kier alpha value is -3.80. The van der Waals surface area contributed by atoms with E-state index in [0.29, 0.717) is 6.07 Å². The second kappa shape index (κ2) is 10.2. The first-order chi connectivity index (χ1) is 18.2. The van der Waals surface area contributed by atoms with Crippen molar-refractivity contribution in [2.24, 2.45) is 0 Å². The smallest absolute Gasteiger partial charge is 0.289 e. The highest BCUT2D eigenvalue weighted by Crippen LogP contribution is 2.37. The van der Waals surface area contributed by atoms with Gasteiger partial charge in [-0.15, -0.1) is 4.53 Å². The van der Waals surface area contributed by atoms with Crippen molar-refractivity contribution in [1.29, 1.82) is 0 Å². The van der Waals surface area contributed by atoms with Crippen LogP contribution in [0.25, 0.3) is 0 Å². The Morgan fingerprint density at radius 1 is 1.18 bits per heavy atom. The van der Waals surface area contributed by atoms with Crippen LogP contribution in [0.3, 0.4) is 0 Å². The highest BCUT2D eigenvalue weighted by molar-refractivity contribution is 6.14. The standard InChI is InChI=1S/C26H23ClF2N4O5/c1-31(27)33-13-26(14-37-15-26)32-11-19(24(35)30-10-17-7-8-18(28)9-20(17)29)22(34)23(21(32)25(33)36)38-12-16-5-3-2-4-6-16/h2-9,11H,10,12-15H2,1H3,(H,30,35). The van der Waals surface area contributed by atoms with Crippen molar-refractivity contribution < 1.29 is 27.8 Å². The number of nitrogens with one attached hydrogen (secondary N) is 1. The van der Waals surface area contributed by atoms with Crippen molar-refractivity contribution in [3.05, 3.63) is 99.0 Å². The van der Waals surface area contributed by atoms with Crippen LogP contribution in [-0.4, -0.2) is 52.7 Å². The molecule has 0 unspecified atom stereocenters. The van der Waals surface area contributed by atoms with Gasteiger partial charge in [0.1, 0.15) is 29.3 Å². The number of carbonyl (C=O) groups excluding carboxylic acids is 2. The molecule has 3 heterocycles. The zero-order valence-electron chi connectivity index (χ0n) is 20.2. The summed E-state index contributed by atoms with van der Waals surface area (Å²) in [7, 11) is 1.49. The van der Waals surface area contributed by atoms with E-state index in [4.69, 9.17) is 21.3 Å². The zero-order chi connectivity index (χ0) is 27.0. The first-order valence-corrected chi connectivity index (χ1v) is 12.0. The van der Waals surface area contributed by atoms with E-state index in [1.165, 1.54) is 24.3 Å². The average molecular weight is 545 g/mol. The number of hydrogen-bond donors (Lipinski definition) is 1. The molecule has 0 bridgehead atoms. The summed E-state index contributed by atoms with van der Waals surface area (Å²) in [6, 6.07) is 12.0. The quantitative estimate of drug-likeness (QED) is 0.460. The minimum Gasteiger partial charge on any atom is -0.483 e. The lowest BCUT2D eigenvalue weighted by Crippen LogP contribution is -2.65. The fraction of sp³-hybridized carbons (Fsp3) is 0.269. The van der Waals surface area contributed by atoms with Crippen molar-refractivity contribution in [3.63, 3.8) is 0 Å². The van der Waals surface area contributed by atoms with Gasteiger partial charge in [0.05, 0.1) is 19.8 Å². The van der Waals surface area contributed by atoms with Gasteiger partial charge in [0.25, 0.3) is 11.8 Å². The summed E-state index contributed by atoms with van der Waals surface area (Å²) >= 11 is 6.15. The third kappa shape index (κ3) is 4.64. The summed E-state index contributed by atoms with van der Waals surface area (Å²) in [6.07, 6.45) is 1.30. The fourth-order valence-electron chi connectivity index (χ4n) is 4.47. The molecular formula is C26H23ClF2N4O5. The minimum atomic E-state index is -0.833. The topological polar surface area (TPSA) is 93.1 Å². The second-order valence-corrected chi connectivity index (χ2v) is 9.63. The van der Waals surface area contributed by atoms with E-state index in [1.54, 1.807) is 28.8 Å². The highest BCUT2D eigenvalue weighted by Gasteiger charge is 2.51. The first kappa shape index (κ1) is 25.8. The van der Waals surface area contributed by atoms with Crippen LogP contribution in [-0.2, 0) is 23.4 Å². The number of rotatable bonds is 7. The molecule has 1 fully saturated rings. The van der Waals surface area contributed by atoms with Gasteiger partial charge < -0.3 is 19.4 Å². The van der Waals surface area contributed by atoms with E-state index < -0.39 is 34.4 Å². The van der Waals surface area contributed by atoms with Gasteiger partial charge in [-0.05, 0) is 23.4 Å². The highest BCUT2D eigenvalue weighted by atomic mass is 35.5. The van der Waals surface area contributed by atoms with E-state index in [0.717, 1.165) is 16.2 Å². The molecule has 1 spiro atoms. The number of nitrogens with zero attached hydrogens (tertiary/aromatic N) is 3. The molecule has 9 nitrogen and oxygen atoms in total. The number of halogens is 3. The zero-order valence-corrected chi connectivity index (χ0v) is 21.0. The normalized spacial score (nSPS) is 15.8. The first-order valence-electron chi connectivity index (χ1n) is 11.7. The molecule has 2 aliphatic heterocycles. The maximum atomic E-state index is 14.1. The van der Waals surface area contributed by atoms with Gasteiger partial charge in [0.2, 0.25) is 5.43 Å². The third-order valence-corrected chi connectivity index (χ3v) is 6.74. The van der Waals surface area contributed by atoms with Crippen LogP contribution in [0.5, 0.6) is 5.75 Å². The fourth-order valence-corrected chi connectivity index (χ4v) is 4.59. The monoisotopic (exact) mass is 544 g/mol. The number of amides is 2. The van der Waals surface area contributed by atoms with Crippen LogP contribution in [0.15, 0.2) is 59.5 Å². The van der Waals surface area contributed by atoms with Crippen molar-refractivity contribution in [1.82, 2.24) is 19.4 Å². The van der Waals surface area contributed by atoms with Crippen molar-refractivity contribution >= 4 is 23.6 Å². The van der Waals surface area contributed by atoms with Gasteiger partial charge in [0.15, 0.2) is 11.4 Å². The molecule has 5 rings (SSSR count). The maximum absolute atomic E-state index is 14.1. The van der Waals surface area contributed by atoms with Gasteiger partial charge >= 0.3 is 0 Å². The molecule has 198 valence electrons. The number of pyridine rings is 1. The molecule has 38 heavy (non-hydrogen) atoms. The Bertz CT molecular complexity index is 1460. The van der Waals surface area contributed by atoms with Crippen LogP contribution in [0, 0.1) is 11.6 Å². The molecule has 0 atom stereocenters. The van der Waals surface area contributed by atoms with Crippen LogP contribution < -0.4 is 15.5 Å². The molecule has 1 saturated heterocycles.